The Morgan fingerprint density at radius 3 is 1.40 bits per heavy atom. The molecule has 28 heteroatoms. The molecular formula is C71H85Cl10N5O13. The lowest BCUT2D eigenvalue weighted by Gasteiger charge is -2.38. The molecule has 0 saturated carbocycles. The third-order valence-corrected chi connectivity index (χ3v) is 20.6. The molecule has 3 aliphatic heterocycles. The fourth-order valence-electron chi connectivity index (χ4n) is 11.4. The number of methoxy groups -OCH3 is 2. The van der Waals surface area contributed by atoms with Crippen molar-refractivity contribution < 1.29 is 63.5 Å². The second-order valence-electron chi connectivity index (χ2n) is 23.2. The van der Waals surface area contributed by atoms with Crippen molar-refractivity contribution >= 4 is 140 Å². The first kappa shape index (κ1) is 88.5. The van der Waals surface area contributed by atoms with Crippen LogP contribution in [-0.2, 0) is 81.2 Å². The van der Waals surface area contributed by atoms with Crippen LogP contribution in [0.15, 0.2) is 104 Å². The number of carbonyl (C=O) groups is 4. The predicted octanol–water partition coefficient (Wildman–Crippen LogP) is 17.8. The number of aliphatic hydroxyl groups excluding tert-OH is 1. The highest BCUT2D eigenvalue weighted by Gasteiger charge is 2.39. The number of hydrogen-bond donors (Lipinski definition) is 5. The minimum Gasteiger partial charge on any atom is -0.469 e. The molecular weight excluding hydrogens is 1490 g/mol. The van der Waals surface area contributed by atoms with Gasteiger partial charge in [0.15, 0.2) is 0 Å². The van der Waals surface area contributed by atoms with Crippen LogP contribution in [0.5, 0.6) is 0 Å². The Morgan fingerprint density at radius 1 is 0.576 bits per heavy atom. The molecule has 0 bridgehead atoms. The number of amides is 2. The third-order valence-electron chi connectivity index (χ3n) is 16.9. The molecule has 4 unspecified atom stereocenters. The molecule has 0 aliphatic carbocycles. The molecule has 5 aromatic carbocycles. The zero-order valence-corrected chi connectivity index (χ0v) is 63.2. The highest BCUT2D eigenvalue weighted by Crippen LogP contribution is 2.42. The topological polar surface area (TPSA) is 257 Å². The minimum atomic E-state index is -0.875. The molecule has 3 aliphatic rings. The lowest BCUT2D eigenvalue weighted by molar-refractivity contribution is -0.273. The van der Waals surface area contributed by atoms with Crippen molar-refractivity contribution in [2.45, 2.75) is 131 Å². The first-order chi connectivity index (χ1) is 47.4. The number of piperidine rings is 3. The summed E-state index contributed by atoms with van der Waals surface area (Å²) in [6, 6.07) is 31.8. The van der Waals surface area contributed by atoms with E-state index in [1.165, 1.54) is 34.0 Å². The molecule has 3 fully saturated rings. The van der Waals surface area contributed by atoms with Crippen LogP contribution >= 0.6 is 116 Å². The summed E-state index contributed by atoms with van der Waals surface area (Å²) in [5.74, 6) is -0.592. The maximum absolute atomic E-state index is 11.5. The van der Waals surface area contributed by atoms with Gasteiger partial charge in [0.05, 0.1) is 122 Å². The number of esters is 2. The number of nitrogens with one attached hydrogen (secondary N) is 3. The number of nitrogens with zero attached hydrogens (tertiary/aromatic N) is 2. The van der Waals surface area contributed by atoms with Crippen molar-refractivity contribution in [3.05, 3.63) is 182 Å². The Balaban J connectivity index is 0.000000319. The van der Waals surface area contributed by atoms with Gasteiger partial charge < -0.3 is 30.5 Å². The van der Waals surface area contributed by atoms with Gasteiger partial charge >= 0.3 is 11.9 Å². The number of carbonyl (C=O) groups excluding carboxylic acids is 4. The largest absolute Gasteiger partial charge is 0.469 e. The van der Waals surface area contributed by atoms with Gasteiger partial charge in [-0.2, -0.15) is 10.5 Å². The van der Waals surface area contributed by atoms with Crippen molar-refractivity contribution in [1.82, 2.24) is 16.0 Å². The summed E-state index contributed by atoms with van der Waals surface area (Å²) in [7, 11) is 5.55. The van der Waals surface area contributed by atoms with Gasteiger partial charge in [-0.05, 0) is 178 Å². The molecule has 99 heavy (non-hydrogen) atoms. The number of benzene rings is 5. The molecule has 5 aromatic rings. The number of halogens is 10. The van der Waals surface area contributed by atoms with Crippen LogP contribution in [0.4, 0.5) is 0 Å². The van der Waals surface area contributed by atoms with Crippen LogP contribution in [0, 0.1) is 22.7 Å². The predicted molar refractivity (Wildman–Crippen MR) is 393 cm³/mol. The summed E-state index contributed by atoms with van der Waals surface area (Å²) in [5.41, 5.74) is 3.92. The molecule has 3 heterocycles. The molecule has 0 radical (unpaired) electrons. The van der Waals surface area contributed by atoms with E-state index in [1.807, 2.05) is 48.5 Å². The molecule has 0 aromatic heterocycles. The van der Waals surface area contributed by atoms with Crippen LogP contribution < -0.4 is 16.0 Å². The number of nitriles is 2. The SMILES string of the molecule is C=CC(=O)OC.COOCCCC(C#N)(CCC(=O)OC)c1ccc(Cl)c(Cl)c1.COOCCCC1(c2ccc(Cl)c(Cl)c2)CCC(=O)NC1.N#CCc1ccc(Cl)c(Cl)c1.O=C1CCC(CCCOO)(c2ccc(Cl)c(Cl)c2)CN1.OCCCC1(c2ccc(Cl)c(Cl)c2)CCCNC1. The molecule has 4 atom stereocenters. The number of aliphatic hydroxyl groups is 1. The number of ether oxygens (including phenoxy) is 2. The Labute approximate surface area is 630 Å². The van der Waals surface area contributed by atoms with Crippen LogP contribution in [0.3, 0.4) is 0 Å². The van der Waals surface area contributed by atoms with Gasteiger partial charge in [-0.15, -0.1) is 0 Å². The van der Waals surface area contributed by atoms with Crippen LogP contribution in [0.25, 0.3) is 0 Å². The monoisotopic (exact) mass is 1570 g/mol. The zero-order chi connectivity index (χ0) is 73.4. The van der Waals surface area contributed by atoms with E-state index in [-0.39, 0.29) is 53.7 Å². The van der Waals surface area contributed by atoms with Gasteiger partial charge in [0.1, 0.15) is 0 Å². The quantitative estimate of drug-likeness (QED) is 0.0113. The van der Waals surface area contributed by atoms with Gasteiger partial charge in [0.2, 0.25) is 11.8 Å². The lowest BCUT2D eigenvalue weighted by atomic mass is 9.71. The molecule has 18 nitrogen and oxygen atoms in total. The summed E-state index contributed by atoms with van der Waals surface area (Å²) in [6.07, 6.45) is 12.9. The van der Waals surface area contributed by atoms with Gasteiger partial charge in [-0.3, -0.25) is 19.6 Å². The van der Waals surface area contributed by atoms with Gasteiger partial charge in [0, 0.05) is 67.8 Å². The normalized spacial score (nSPS) is 18.2. The Kier molecular flexibility index (Phi) is 42.5. The second-order valence-corrected chi connectivity index (χ2v) is 27.3. The third kappa shape index (κ3) is 29.9. The Hall–Kier alpha value is -4.72. The summed E-state index contributed by atoms with van der Waals surface area (Å²) in [5, 5.41) is 50.2. The maximum atomic E-state index is 11.5. The number of hydrogen-bond acceptors (Lipinski definition) is 16. The van der Waals surface area contributed by atoms with Crippen LogP contribution in [0.2, 0.25) is 50.2 Å². The molecule has 542 valence electrons. The summed E-state index contributed by atoms with van der Waals surface area (Å²) in [4.78, 5) is 67.3. The van der Waals surface area contributed by atoms with Gasteiger partial charge in [-0.1, -0.05) is 153 Å². The summed E-state index contributed by atoms with van der Waals surface area (Å²) >= 11 is 59.7. The standard InChI is InChI=1S/C16H19Cl2NO4.C15H19Cl2NO3.C14H17Cl2NO3.C14H19Cl2NO.C8H5Cl2N.C4H6O2/c1-21-15(20)6-8-16(11-19,7-3-9-23-22-2)12-4-5-13(17)14(18)10-12;1-20-21-8-2-6-15(7-5-14(19)18-10-15)11-3-4-12(16)13(17)9-11;15-11-3-2-10(8-12(11)16)14(5-1-7-20-19)6-4-13(18)17-9-14;15-12-4-3-11(9-13(12)16)14(6-2-8-18)5-1-7-17-10-14;9-7-2-1-6(3-4-11)5-8(7)10;1-3-4(5)6-2/h4-5,10H,3,6-9H2,1-2H3;3-4,9H,2,5-8,10H2,1H3,(H,18,19);2-3,8,19H,1,4-7,9H2,(H,17,18);3-4,9,17-18H,1-2,5-8,10H2;1-2,5H,3H2;3H,1H2,2H3. The molecule has 0 spiro atoms. The Morgan fingerprint density at radius 2 is 1.03 bits per heavy atom. The first-order valence-corrected chi connectivity index (χ1v) is 35.4. The fourth-order valence-corrected chi connectivity index (χ4v) is 13.0. The second kappa shape index (κ2) is 47.5. The maximum Gasteiger partial charge on any atom is 0.329 e. The average Bonchev–Trinajstić information content (AvgIpc) is 0.814. The van der Waals surface area contributed by atoms with Gasteiger partial charge in [-0.25, -0.2) is 29.2 Å². The molecule has 8 rings (SSSR count). The smallest absolute Gasteiger partial charge is 0.329 e. The first-order valence-electron chi connectivity index (χ1n) is 31.6. The minimum absolute atomic E-state index is 0.0686. The zero-order valence-electron chi connectivity index (χ0n) is 55.7. The molecule has 5 N–H and O–H groups in total. The fraction of sp³-hybridized carbons (Fsp3) is 0.465. The highest BCUT2D eigenvalue weighted by molar-refractivity contribution is 6.44. The molecule has 3 saturated heterocycles. The van der Waals surface area contributed by atoms with E-state index in [4.69, 9.17) is 141 Å². The van der Waals surface area contributed by atoms with E-state index < -0.39 is 11.4 Å². The number of rotatable bonds is 26. The van der Waals surface area contributed by atoms with Crippen molar-refractivity contribution in [3.8, 4) is 12.1 Å². The van der Waals surface area contributed by atoms with E-state index >= 15 is 0 Å². The van der Waals surface area contributed by atoms with E-state index in [2.05, 4.69) is 58.8 Å². The van der Waals surface area contributed by atoms with Crippen molar-refractivity contribution in [2.24, 2.45) is 0 Å². The average molecular weight is 1570 g/mol. The van der Waals surface area contributed by atoms with Crippen LogP contribution in [0.1, 0.15) is 131 Å². The van der Waals surface area contributed by atoms with Crippen LogP contribution in [-0.4, -0.2) is 115 Å². The van der Waals surface area contributed by atoms with Crippen molar-refractivity contribution in [3.63, 3.8) is 0 Å². The molecule has 2 amide bonds. The van der Waals surface area contributed by atoms with E-state index in [9.17, 15) is 24.4 Å². The van der Waals surface area contributed by atoms with Gasteiger partial charge in [0.25, 0.3) is 0 Å². The van der Waals surface area contributed by atoms with Crippen molar-refractivity contribution in [2.75, 3.05) is 81.0 Å². The van der Waals surface area contributed by atoms with E-state index in [0.29, 0.717) is 121 Å². The Bertz CT molecular complexity index is 3420. The van der Waals surface area contributed by atoms with E-state index in [0.717, 1.165) is 99.2 Å². The summed E-state index contributed by atoms with van der Waals surface area (Å²) in [6.45, 7) is 7.73. The van der Waals surface area contributed by atoms with E-state index in [1.54, 1.807) is 42.5 Å². The summed E-state index contributed by atoms with van der Waals surface area (Å²) < 4.78 is 8.81. The highest BCUT2D eigenvalue weighted by atomic mass is 35.5. The lowest BCUT2D eigenvalue weighted by Crippen LogP contribution is -2.46. The van der Waals surface area contributed by atoms with Crippen molar-refractivity contribution in [1.29, 1.82) is 10.5 Å².